The Morgan fingerprint density at radius 1 is 1.04 bits per heavy atom. The number of fused-ring (bicyclic) bond motifs is 1. The highest BCUT2D eigenvalue weighted by Gasteiger charge is 2.15. The van der Waals surface area contributed by atoms with E-state index in [4.69, 9.17) is 4.42 Å². The summed E-state index contributed by atoms with van der Waals surface area (Å²) in [5.41, 5.74) is 0.274. The standard InChI is InChI=1S/C18H16N2O4/c21-16-13-8-4-5-9-14(13)24-17(22)15(16)20-18(23)19-11-10-12-6-2-1-3-7-12/h1-9,21H,10-11H2,(H2,19,20,23). The Labute approximate surface area is 137 Å². The van der Waals surface area contributed by atoms with Gasteiger partial charge in [-0.15, -0.1) is 0 Å². The molecule has 3 rings (SSSR count). The average Bonchev–Trinajstić information content (AvgIpc) is 2.59. The molecule has 0 aliphatic carbocycles. The molecular weight excluding hydrogens is 308 g/mol. The number of anilines is 1. The maximum absolute atomic E-state index is 11.9. The van der Waals surface area contributed by atoms with Crippen LogP contribution in [-0.2, 0) is 6.42 Å². The van der Waals surface area contributed by atoms with E-state index in [2.05, 4.69) is 10.6 Å². The Hall–Kier alpha value is -3.28. The summed E-state index contributed by atoms with van der Waals surface area (Å²) in [6.07, 6.45) is 0.659. The Bertz CT molecular complexity index is 919. The van der Waals surface area contributed by atoms with Crippen molar-refractivity contribution in [3.8, 4) is 5.75 Å². The van der Waals surface area contributed by atoms with Crippen LogP contribution >= 0.6 is 0 Å². The molecule has 3 aromatic rings. The predicted molar refractivity (Wildman–Crippen MR) is 91.3 cm³/mol. The molecule has 0 bridgehead atoms. The van der Waals surface area contributed by atoms with Crippen LogP contribution in [0.25, 0.3) is 11.0 Å². The van der Waals surface area contributed by atoms with Gasteiger partial charge in [0.1, 0.15) is 5.58 Å². The third kappa shape index (κ3) is 3.38. The van der Waals surface area contributed by atoms with Crippen molar-refractivity contribution in [2.24, 2.45) is 0 Å². The van der Waals surface area contributed by atoms with Gasteiger partial charge in [0.25, 0.3) is 0 Å². The second kappa shape index (κ2) is 6.87. The van der Waals surface area contributed by atoms with Gasteiger partial charge in [-0.25, -0.2) is 9.59 Å². The van der Waals surface area contributed by atoms with Crippen molar-refractivity contribution >= 4 is 22.7 Å². The van der Waals surface area contributed by atoms with E-state index in [0.717, 1.165) is 5.56 Å². The third-order valence-electron chi connectivity index (χ3n) is 3.57. The van der Waals surface area contributed by atoms with E-state index < -0.39 is 11.7 Å². The van der Waals surface area contributed by atoms with E-state index in [1.807, 2.05) is 30.3 Å². The number of nitrogens with one attached hydrogen (secondary N) is 2. The number of benzene rings is 2. The van der Waals surface area contributed by atoms with Crippen molar-refractivity contribution in [3.63, 3.8) is 0 Å². The van der Waals surface area contributed by atoms with Gasteiger partial charge in [-0.2, -0.15) is 0 Å². The Morgan fingerprint density at radius 2 is 1.75 bits per heavy atom. The van der Waals surface area contributed by atoms with E-state index in [0.29, 0.717) is 18.4 Å². The van der Waals surface area contributed by atoms with Gasteiger partial charge in [0.2, 0.25) is 0 Å². The van der Waals surface area contributed by atoms with Gasteiger partial charge in [0.15, 0.2) is 11.4 Å². The first-order valence-corrected chi connectivity index (χ1v) is 7.49. The highest BCUT2D eigenvalue weighted by Crippen LogP contribution is 2.29. The molecule has 3 N–H and O–H groups in total. The van der Waals surface area contributed by atoms with E-state index in [-0.39, 0.29) is 17.0 Å². The van der Waals surface area contributed by atoms with Gasteiger partial charge >= 0.3 is 11.7 Å². The molecule has 0 fully saturated rings. The Balaban J connectivity index is 1.68. The molecule has 0 unspecified atom stereocenters. The van der Waals surface area contributed by atoms with Crippen LogP contribution in [0.1, 0.15) is 5.56 Å². The average molecular weight is 324 g/mol. The Morgan fingerprint density at radius 3 is 2.54 bits per heavy atom. The minimum atomic E-state index is -0.801. The maximum Gasteiger partial charge on any atom is 0.364 e. The molecular formula is C18H16N2O4. The second-order valence-electron chi connectivity index (χ2n) is 5.23. The number of amides is 2. The topological polar surface area (TPSA) is 91.6 Å². The predicted octanol–water partition coefficient (Wildman–Crippen LogP) is 2.86. The smallest absolute Gasteiger partial charge is 0.364 e. The zero-order chi connectivity index (χ0) is 16.9. The molecule has 1 aromatic heterocycles. The van der Waals surface area contributed by atoms with E-state index >= 15 is 0 Å². The summed E-state index contributed by atoms with van der Waals surface area (Å²) < 4.78 is 5.09. The Kier molecular flexibility index (Phi) is 4.47. The fraction of sp³-hybridized carbons (Fsp3) is 0.111. The number of aromatic hydroxyl groups is 1. The molecule has 0 spiro atoms. The van der Waals surface area contributed by atoms with Gasteiger partial charge in [-0.1, -0.05) is 42.5 Å². The first-order chi connectivity index (χ1) is 11.6. The SMILES string of the molecule is O=C(NCCc1ccccc1)Nc1c(O)c2ccccc2oc1=O. The summed E-state index contributed by atoms with van der Waals surface area (Å²) in [5.74, 6) is -0.306. The lowest BCUT2D eigenvalue weighted by atomic mass is 10.1. The molecule has 2 aromatic carbocycles. The summed E-state index contributed by atoms with van der Waals surface area (Å²) >= 11 is 0. The summed E-state index contributed by atoms with van der Waals surface area (Å²) in [7, 11) is 0. The minimum absolute atomic E-state index is 0.259. The molecule has 0 saturated heterocycles. The van der Waals surface area contributed by atoms with Crippen LogP contribution < -0.4 is 16.3 Å². The summed E-state index contributed by atoms with van der Waals surface area (Å²) in [6, 6.07) is 15.7. The van der Waals surface area contributed by atoms with Gasteiger partial charge in [-0.3, -0.25) is 5.32 Å². The number of hydrogen-bond acceptors (Lipinski definition) is 4. The van der Waals surface area contributed by atoms with E-state index in [9.17, 15) is 14.7 Å². The third-order valence-corrected chi connectivity index (χ3v) is 3.57. The normalized spacial score (nSPS) is 10.5. The molecule has 1 heterocycles. The first kappa shape index (κ1) is 15.6. The fourth-order valence-electron chi connectivity index (χ4n) is 2.37. The fourth-order valence-corrected chi connectivity index (χ4v) is 2.37. The van der Waals surface area contributed by atoms with Crippen molar-refractivity contribution in [2.45, 2.75) is 6.42 Å². The van der Waals surface area contributed by atoms with Crippen molar-refractivity contribution in [2.75, 3.05) is 11.9 Å². The number of hydrogen-bond donors (Lipinski definition) is 3. The highest BCUT2D eigenvalue weighted by molar-refractivity contribution is 5.95. The van der Waals surface area contributed by atoms with Crippen LogP contribution in [0.2, 0.25) is 0 Å². The van der Waals surface area contributed by atoms with Crippen molar-refractivity contribution < 1.29 is 14.3 Å². The summed E-state index contributed by atoms with van der Waals surface area (Å²) in [6.45, 7) is 0.398. The van der Waals surface area contributed by atoms with Gasteiger partial charge in [0.05, 0.1) is 5.39 Å². The molecule has 6 nitrogen and oxygen atoms in total. The monoisotopic (exact) mass is 324 g/mol. The number of urea groups is 1. The maximum atomic E-state index is 11.9. The number of carbonyl (C=O) groups is 1. The van der Waals surface area contributed by atoms with Crippen LogP contribution in [0.15, 0.2) is 63.8 Å². The quantitative estimate of drug-likeness (QED) is 0.644. The largest absolute Gasteiger partial charge is 0.505 e. The van der Waals surface area contributed by atoms with Crippen molar-refractivity contribution in [1.82, 2.24) is 5.32 Å². The van der Waals surface area contributed by atoms with Crippen LogP contribution in [-0.4, -0.2) is 17.7 Å². The first-order valence-electron chi connectivity index (χ1n) is 7.49. The van der Waals surface area contributed by atoms with Crippen LogP contribution in [0, 0.1) is 0 Å². The van der Waals surface area contributed by atoms with Gasteiger partial charge in [-0.05, 0) is 24.1 Å². The van der Waals surface area contributed by atoms with E-state index in [1.54, 1.807) is 24.3 Å². The molecule has 0 saturated carbocycles. The zero-order valence-electron chi connectivity index (χ0n) is 12.8. The summed E-state index contributed by atoms with van der Waals surface area (Å²) in [4.78, 5) is 23.8. The number of rotatable bonds is 4. The van der Waals surface area contributed by atoms with Gasteiger partial charge in [0, 0.05) is 6.54 Å². The molecule has 122 valence electrons. The van der Waals surface area contributed by atoms with Gasteiger partial charge < -0.3 is 14.8 Å². The van der Waals surface area contributed by atoms with Crippen LogP contribution in [0.4, 0.5) is 10.5 Å². The van der Waals surface area contributed by atoms with Crippen LogP contribution in [0.5, 0.6) is 5.75 Å². The van der Waals surface area contributed by atoms with Crippen LogP contribution in [0.3, 0.4) is 0 Å². The number of carbonyl (C=O) groups excluding carboxylic acids is 1. The summed E-state index contributed by atoms with van der Waals surface area (Å²) in [5, 5.41) is 15.5. The number of para-hydroxylation sites is 1. The highest BCUT2D eigenvalue weighted by atomic mass is 16.4. The van der Waals surface area contributed by atoms with Crippen molar-refractivity contribution in [3.05, 3.63) is 70.6 Å². The lowest BCUT2D eigenvalue weighted by molar-refractivity contribution is 0.252. The molecule has 0 aliphatic rings. The lowest BCUT2D eigenvalue weighted by Gasteiger charge is -2.09. The molecule has 2 amide bonds. The zero-order valence-corrected chi connectivity index (χ0v) is 12.8. The minimum Gasteiger partial charge on any atom is -0.505 e. The molecule has 24 heavy (non-hydrogen) atoms. The van der Waals surface area contributed by atoms with Crippen molar-refractivity contribution in [1.29, 1.82) is 0 Å². The molecule has 0 aliphatic heterocycles. The lowest BCUT2D eigenvalue weighted by Crippen LogP contribution is -2.32. The van der Waals surface area contributed by atoms with E-state index in [1.165, 1.54) is 0 Å². The molecule has 0 atom stereocenters. The molecule has 6 heteroatoms. The second-order valence-corrected chi connectivity index (χ2v) is 5.23. The molecule has 0 radical (unpaired) electrons.